The van der Waals surface area contributed by atoms with E-state index >= 15 is 0 Å². The molecular formula is C20H28N2O6. The largest absolute Gasteiger partial charge is 0.493 e. The Morgan fingerprint density at radius 2 is 1.75 bits per heavy atom. The Morgan fingerprint density at radius 3 is 2.29 bits per heavy atom. The lowest BCUT2D eigenvalue weighted by Gasteiger charge is -2.37. The molecule has 8 heteroatoms. The number of carboxylic acids is 1. The zero-order chi connectivity index (χ0) is 21.1. The van der Waals surface area contributed by atoms with Crippen LogP contribution in [-0.2, 0) is 20.8 Å². The lowest BCUT2D eigenvalue weighted by molar-refractivity contribution is -0.155. The number of ether oxygens (including phenoxy) is 2. The van der Waals surface area contributed by atoms with Gasteiger partial charge in [-0.1, -0.05) is 19.9 Å². The van der Waals surface area contributed by atoms with Crippen molar-refractivity contribution in [3.8, 4) is 11.5 Å². The van der Waals surface area contributed by atoms with E-state index in [-0.39, 0.29) is 12.3 Å². The summed E-state index contributed by atoms with van der Waals surface area (Å²) in [4.78, 5) is 36.4. The third-order valence-corrected chi connectivity index (χ3v) is 6.15. The molecule has 3 N–H and O–H groups in total. The first-order valence-corrected chi connectivity index (χ1v) is 9.10. The molecule has 2 atom stereocenters. The molecule has 0 heterocycles. The van der Waals surface area contributed by atoms with Crippen LogP contribution in [0.2, 0.25) is 0 Å². The third kappa shape index (κ3) is 3.90. The Morgan fingerprint density at radius 1 is 1.11 bits per heavy atom. The summed E-state index contributed by atoms with van der Waals surface area (Å²) >= 11 is 0. The van der Waals surface area contributed by atoms with Gasteiger partial charge in [0.05, 0.1) is 26.1 Å². The Hall–Kier alpha value is -2.77. The van der Waals surface area contributed by atoms with Crippen molar-refractivity contribution < 1.29 is 29.0 Å². The van der Waals surface area contributed by atoms with Gasteiger partial charge in [-0.3, -0.25) is 25.2 Å². The number of aliphatic carboxylic acids is 1. The van der Waals surface area contributed by atoms with Crippen molar-refractivity contribution in [1.29, 1.82) is 0 Å². The van der Waals surface area contributed by atoms with E-state index in [1.54, 1.807) is 39.0 Å². The maximum Gasteiger partial charge on any atom is 0.309 e. The molecule has 2 amide bonds. The highest BCUT2D eigenvalue weighted by molar-refractivity contribution is 5.86. The van der Waals surface area contributed by atoms with E-state index in [9.17, 15) is 19.5 Å². The van der Waals surface area contributed by atoms with Gasteiger partial charge in [-0.2, -0.15) is 0 Å². The van der Waals surface area contributed by atoms with Crippen LogP contribution in [0.1, 0.15) is 39.2 Å². The normalized spacial score (nSPS) is 23.0. The van der Waals surface area contributed by atoms with E-state index in [0.29, 0.717) is 29.9 Å². The topological polar surface area (TPSA) is 114 Å². The zero-order valence-corrected chi connectivity index (χ0v) is 16.9. The predicted octanol–water partition coefficient (Wildman–Crippen LogP) is 1.92. The fourth-order valence-electron chi connectivity index (χ4n) is 3.78. The second-order valence-electron chi connectivity index (χ2n) is 7.85. The second-order valence-corrected chi connectivity index (χ2v) is 7.85. The Labute approximate surface area is 164 Å². The minimum Gasteiger partial charge on any atom is -0.493 e. The number of hydrogen-bond acceptors (Lipinski definition) is 5. The fourth-order valence-corrected chi connectivity index (χ4v) is 3.78. The number of carbonyl (C=O) groups is 3. The molecule has 1 aromatic rings. The van der Waals surface area contributed by atoms with Crippen LogP contribution < -0.4 is 20.3 Å². The number of benzene rings is 1. The molecule has 28 heavy (non-hydrogen) atoms. The SMILES string of the molecule is COc1ccc(CC(=O)NNC(=O)C2CCC(C)(C(=O)O)C2(C)C)cc1OC. The van der Waals surface area contributed by atoms with Crippen LogP contribution in [0.15, 0.2) is 18.2 Å². The van der Waals surface area contributed by atoms with Crippen molar-refractivity contribution in [2.45, 2.75) is 40.0 Å². The van der Waals surface area contributed by atoms with Crippen LogP contribution in [-0.4, -0.2) is 37.1 Å². The van der Waals surface area contributed by atoms with E-state index in [2.05, 4.69) is 10.9 Å². The molecule has 0 aliphatic heterocycles. The molecule has 0 radical (unpaired) electrons. The molecule has 1 aliphatic carbocycles. The number of amides is 2. The van der Waals surface area contributed by atoms with Crippen LogP contribution in [0.4, 0.5) is 0 Å². The first kappa shape index (κ1) is 21.5. The molecule has 0 saturated heterocycles. The summed E-state index contributed by atoms with van der Waals surface area (Å²) in [5.41, 5.74) is 3.82. The summed E-state index contributed by atoms with van der Waals surface area (Å²) in [5, 5.41) is 9.55. The molecule has 0 bridgehead atoms. The summed E-state index contributed by atoms with van der Waals surface area (Å²) in [5.74, 6) is -1.12. The fraction of sp³-hybridized carbons (Fsp3) is 0.550. The summed E-state index contributed by atoms with van der Waals surface area (Å²) in [6, 6.07) is 5.13. The lowest BCUT2D eigenvalue weighted by atomic mass is 9.65. The van der Waals surface area contributed by atoms with Crippen LogP contribution in [0.5, 0.6) is 11.5 Å². The summed E-state index contributed by atoms with van der Waals surface area (Å²) in [6.07, 6.45) is 0.904. The van der Waals surface area contributed by atoms with E-state index in [1.165, 1.54) is 14.2 Å². The monoisotopic (exact) mass is 392 g/mol. The molecule has 0 spiro atoms. The van der Waals surface area contributed by atoms with Crippen molar-refractivity contribution in [1.82, 2.24) is 10.9 Å². The van der Waals surface area contributed by atoms with Gasteiger partial charge < -0.3 is 14.6 Å². The molecule has 154 valence electrons. The minimum atomic E-state index is -0.987. The van der Waals surface area contributed by atoms with Gasteiger partial charge in [0.15, 0.2) is 11.5 Å². The van der Waals surface area contributed by atoms with E-state index in [4.69, 9.17) is 9.47 Å². The maximum absolute atomic E-state index is 12.6. The van der Waals surface area contributed by atoms with Gasteiger partial charge in [0.25, 0.3) is 0 Å². The van der Waals surface area contributed by atoms with Crippen LogP contribution >= 0.6 is 0 Å². The summed E-state index contributed by atoms with van der Waals surface area (Å²) in [6.45, 7) is 5.23. The van der Waals surface area contributed by atoms with Crippen molar-refractivity contribution in [2.24, 2.45) is 16.7 Å². The summed E-state index contributed by atoms with van der Waals surface area (Å²) < 4.78 is 10.4. The maximum atomic E-state index is 12.6. The number of rotatable bonds is 6. The molecule has 1 fully saturated rings. The first-order chi connectivity index (χ1) is 13.1. The molecule has 1 saturated carbocycles. The number of carboxylic acid groups (broad SMARTS) is 1. The van der Waals surface area contributed by atoms with Gasteiger partial charge in [-0.05, 0) is 42.9 Å². The molecule has 2 unspecified atom stereocenters. The van der Waals surface area contributed by atoms with Gasteiger partial charge >= 0.3 is 5.97 Å². The smallest absolute Gasteiger partial charge is 0.309 e. The lowest BCUT2D eigenvalue weighted by Crippen LogP contribution is -2.50. The standard InChI is InChI=1S/C20H28N2O6/c1-19(2)13(8-9-20(19,3)18(25)26)17(24)22-21-16(23)11-12-6-7-14(27-4)15(10-12)28-5/h6-7,10,13H,8-9,11H2,1-5H3,(H,21,23)(H,22,24)(H,25,26). The predicted molar refractivity (Wildman–Crippen MR) is 102 cm³/mol. The van der Waals surface area contributed by atoms with Crippen molar-refractivity contribution in [3.63, 3.8) is 0 Å². The highest BCUT2D eigenvalue weighted by atomic mass is 16.5. The van der Waals surface area contributed by atoms with Crippen LogP contribution in [0.25, 0.3) is 0 Å². The zero-order valence-electron chi connectivity index (χ0n) is 16.9. The van der Waals surface area contributed by atoms with Crippen molar-refractivity contribution >= 4 is 17.8 Å². The number of carbonyl (C=O) groups excluding carboxylic acids is 2. The Bertz CT molecular complexity index is 776. The Kier molecular flexibility index (Phi) is 6.21. The number of hydrogen-bond donors (Lipinski definition) is 3. The van der Waals surface area contributed by atoms with Gasteiger partial charge in [-0.25, -0.2) is 0 Å². The van der Waals surface area contributed by atoms with Gasteiger partial charge in [0.2, 0.25) is 11.8 Å². The molecule has 2 rings (SSSR count). The average molecular weight is 392 g/mol. The van der Waals surface area contributed by atoms with Crippen LogP contribution in [0, 0.1) is 16.7 Å². The van der Waals surface area contributed by atoms with E-state index in [1.807, 2.05) is 0 Å². The number of nitrogens with one attached hydrogen (secondary N) is 2. The molecule has 1 aliphatic rings. The minimum absolute atomic E-state index is 0.0432. The Balaban J connectivity index is 1.96. The second kappa shape index (κ2) is 8.08. The summed E-state index contributed by atoms with van der Waals surface area (Å²) in [7, 11) is 3.04. The van der Waals surface area contributed by atoms with Gasteiger partial charge in [0.1, 0.15) is 0 Å². The quantitative estimate of drug-likeness (QED) is 0.638. The number of hydrazine groups is 1. The molecule has 0 aromatic heterocycles. The number of methoxy groups -OCH3 is 2. The highest BCUT2D eigenvalue weighted by Crippen LogP contribution is 2.56. The van der Waals surface area contributed by atoms with Crippen LogP contribution in [0.3, 0.4) is 0 Å². The van der Waals surface area contributed by atoms with E-state index < -0.39 is 28.6 Å². The van der Waals surface area contributed by atoms with Gasteiger partial charge in [-0.15, -0.1) is 0 Å². The molecule has 8 nitrogen and oxygen atoms in total. The van der Waals surface area contributed by atoms with Crippen molar-refractivity contribution in [2.75, 3.05) is 14.2 Å². The highest BCUT2D eigenvalue weighted by Gasteiger charge is 2.58. The van der Waals surface area contributed by atoms with Gasteiger partial charge in [0, 0.05) is 5.92 Å². The van der Waals surface area contributed by atoms with E-state index in [0.717, 1.165) is 0 Å². The first-order valence-electron chi connectivity index (χ1n) is 9.10. The molecular weight excluding hydrogens is 364 g/mol. The molecule has 1 aromatic carbocycles. The average Bonchev–Trinajstić information content (AvgIpc) is 2.90. The third-order valence-electron chi connectivity index (χ3n) is 6.15. The van der Waals surface area contributed by atoms with Crippen molar-refractivity contribution in [3.05, 3.63) is 23.8 Å².